The van der Waals surface area contributed by atoms with Crippen molar-refractivity contribution in [1.82, 2.24) is 9.97 Å². The standard InChI is InChI=1S/C13H15ClN4/c1-9-6-12(18-13(15-2)17-9)16-8-10-4-3-5-11(14)7-10/h3-7H,8H2,1-2H3,(H2,15,16,17,18). The second kappa shape index (κ2) is 5.69. The molecule has 2 aromatic rings. The van der Waals surface area contributed by atoms with E-state index in [0.29, 0.717) is 12.5 Å². The molecule has 4 nitrogen and oxygen atoms in total. The van der Waals surface area contributed by atoms with Crippen molar-refractivity contribution in [1.29, 1.82) is 0 Å². The zero-order valence-corrected chi connectivity index (χ0v) is 11.1. The van der Waals surface area contributed by atoms with E-state index in [0.717, 1.165) is 22.1 Å². The van der Waals surface area contributed by atoms with Crippen LogP contribution in [-0.2, 0) is 6.54 Å². The first-order valence-corrected chi connectivity index (χ1v) is 6.07. The Kier molecular flexibility index (Phi) is 3.99. The molecule has 0 aliphatic carbocycles. The highest BCUT2D eigenvalue weighted by Crippen LogP contribution is 2.13. The van der Waals surface area contributed by atoms with Gasteiger partial charge in [0.05, 0.1) is 0 Å². The normalized spacial score (nSPS) is 10.2. The molecule has 0 unspecified atom stereocenters. The number of hydrogen-bond acceptors (Lipinski definition) is 4. The highest BCUT2D eigenvalue weighted by molar-refractivity contribution is 6.30. The van der Waals surface area contributed by atoms with Crippen LogP contribution in [0.2, 0.25) is 5.02 Å². The minimum absolute atomic E-state index is 0.614. The second-order valence-electron chi connectivity index (χ2n) is 3.95. The third-order valence-electron chi connectivity index (χ3n) is 2.44. The van der Waals surface area contributed by atoms with Crippen molar-refractivity contribution in [3.63, 3.8) is 0 Å². The molecule has 0 radical (unpaired) electrons. The summed E-state index contributed by atoms with van der Waals surface area (Å²) in [5.41, 5.74) is 2.03. The van der Waals surface area contributed by atoms with Gasteiger partial charge in [0, 0.05) is 30.4 Å². The summed E-state index contributed by atoms with van der Waals surface area (Å²) in [6.07, 6.45) is 0. The third-order valence-corrected chi connectivity index (χ3v) is 2.68. The van der Waals surface area contributed by atoms with Crippen molar-refractivity contribution >= 4 is 23.4 Å². The molecular weight excluding hydrogens is 248 g/mol. The van der Waals surface area contributed by atoms with Crippen LogP contribution in [0.3, 0.4) is 0 Å². The van der Waals surface area contributed by atoms with Crippen LogP contribution in [0, 0.1) is 6.92 Å². The fourth-order valence-corrected chi connectivity index (χ4v) is 1.82. The zero-order valence-electron chi connectivity index (χ0n) is 10.4. The second-order valence-corrected chi connectivity index (χ2v) is 4.39. The van der Waals surface area contributed by atoms with Crippen molar-refractivity contribution in [2.45, 2.75) is 13.5 Å². The first-order valence-electron chi connectivity index (χ1n) is 5.69. The van der Waals surface area contributed by atoms with Crippen LogP contribution in [0.5, 0.6) is 0 Å². The van der Waals surface area contributed by atoms with Crippen molar-refractivity contribution in [2.24, 2.45) is 0 Å². The molecule has 2 rings (SSSR count). The fraction of sp³-hybridized carbons (Fsp3) is 0.231. The molecule has 0 fully saturated rings. The monoisotopic (exact) mass is 262 g/mol. The molecule has 0 saturated carbocycles. The van der Waals surface area contributed by atoms with E-state index in [1.165, 1.54) is 0 Å². The smallest absolute Gasteiger partial charge is 0.224 e. The van der Waals surface area contributed by atoms with Crippen molar-refractivity contribution < 1.29 is 0 Å². The highest BCUT2D eigenvalue weighted by atomic mass is 35.5. The molecular formula is C13H15ClN4. The molecule has 0 amide bonds. The van der Waals surface area contributed by atoms with Gasteiger partial charge in [-0.15, -0.1) is 0 Å². The number of aryl methyl sites for hydroxylation is 1. The van der Waals surface area contributed by atoms with Gasteiger partial charge >= 0.3 is 0 Å². The van der Waals surface area contributed by atoms with Gasteiger partial charge in [0.15, 0.2) is 0 Å². The van der Waals surface area contributed by atoms with Gasteiger partial charge < -0.3 is 10.6 Å². The van der Waals surface area contributed by atoms with Crippen molar-refractivity contribution in [2.75, 3.05) is 17.7 Å². The predicted molar refractivity (Wildman–Crippen MR) is 75.1 cm³/mol. The zero-order chi connectivity index (χ0) is 13.0. The SMILES string of the molecule is CNc1nc(C)cc(NCc2cccc(Cl)c2)n1. The summed E-state index contributed by atoms with van der Waals surface area (Å²) in [5, 5.41) is 6.93. The molecule has 5 heteroatoms. The molecule has 1 heterocycles. The Bertz CT molecular complexity index is 542. The van der Waals surface area contributed by atoms with E-state index in [9.17, 15) is 0 Å². The summed E-state index contributed by atoms with van der Waals surface area (Å²) in [7, 11) is 1.80. The lowest BCUT2D eigenvalue weighted by atomic mass is 10.2. The molecule has 0 atom stereocenters. The first-order chi connectivity index (χ1) is 8.67. The minimum Gasteiger partial charge on any atom is -0.366 e. The van der Waals surface area contributed by atoms with Gasteiger partial charge in [0.2, 0.25) is 5.95 Å². The molecule has 0 aliphatic rings. The molecule has 1 aromatic heterocycles. The lowest BCUT2D eigenvalue weighted by molar-refractivity contribution is 1.05. The van der Waals surface area contributed by atoms with E-state index in [2.05, 4.69) is 20.6 Å². The summed E-state index contributed by atoms with van der Waals surface area (Å²) >= 11 is 5.94. The number of aromatic nitrogens is 2. The van der Waals surface area contributed by atoms with Gasteiger partial charge in [-0.05, 0) is 24.6 Å². The predicted octanol–water partition coefficient (Wildman–Crippen LogP) is 3.09. The molecule has 0 spiro atoms. The van der Waals surface area contributed by atoms with Gasteiger partial charge in [-0.2, -0.15) is 4.98 Å². The molecule has 18 heavy (non-hydrogen) atoms. The highest BCUT2D eigenvalue weighted by Gasteiger charge is 2.01. The van der Waals surface area contributed by atoms with Gasteiger partial charge in [-0.25, -0.2) is 4.98 Å². The molecule has 2 N–H and O–H groups in total. The quantitative estimate of drug-likeness (QED) is 0.889. The van der Waals surface area contributed by atoms with Gasteiger partial charge in [-0.3, -0.25) is 0 Å². The van der Waals surface area contributed by atoms with E-state index in [1.54, 1.807) is 7.05 Å². The maximum Gasteiger partial charge on any atom is 0.224 e. The topological polar surface area (TPSA) is 49.8 Å². The Morgan fingerprint density at radius 3 is 2.78 bits per heavy atom. The lowest BCUT2D eigenvalue weighted by Gasteiger charge is -2.08. The summed E-state index contributed by atoms with van der Waals surface area (Å²) in [5.74, 6) is 1.41. The van der Waals surface area contributed by atoms with Gasteiger partial charge in [0.1, 0.15) is 5.82 Å². The van der Waals surface area contributed by atoms with Crippen LogP contribution in [0.1, 0.15) is 11.3 Å². The molecule has 0 saturated heterocycles. The van der Waals surface area contributed by atoms with E-state index in [1.807, 2.05) is 37.3 Å². The average molecular weight is 263 g/mol. The van der Waals surface area contributed by atoms with E-state index in [-0.39, 0.29) is 0 Å². The molecule has 94 valence electrons. The summed E-state index contributed by atoms with van der Waals surface area (Å²) in [4.78, 5) is 8.56. The Morgan fingerprint density at radius 1 is 1.22 bits per heavy atom. The molecule has 1 aromatic carbocycles. The maximum absolute atomic E-state index is 5.94. The summed E-state index contributed by atoms with van der Waals surface area (Å²) < 4.78 is 0. The van der Waals surface area contributed by atoms with Crippen LogP contribution in [0.25, 0.3) is 0 Å². The van der Waals surface area contributed by atoms with Crippen LogP contribution in [0.4, 0.5) is 11.8 Å². The Morgan fingerprint density at radius 2 is 2.06 bits per heavy atom. The Hall–Kier alpha value is -1.81. The number of benzene rings is 1. The number of halogens is 1. The average Bonchev–Trinajstić information content (AvgIpc) is 2.36. The largest absolute Gasteiger partial charge is 0.366 e. The van der Waals surface area contributed by atoms with Crippen LogP contribution in [0.15, 0.2) is 30.3 Å². The van der Waals surface area contributed by atoms with E-state index >= 15 is 0 Å². The van der Waals surface area contributed by atoms with E-state index < -0.39 is 0 Å². The number of anilines is 2. The number of nitrogens with zero attached hydrogens (tertiary/aromatic N) is 2. The van der Waals surface area contributed by atoms with Crippen LogP contribution < -0.4 is 10.6 Å². The minimum atomic E-state index is 0.614. The van der Waals surface area contributed by atoms with Gasteiger partial charge in [-0.1, -0.05) is 23.7 Å². The number of nitrogens with one attached hydrogen (secondary N) is 2. The third kappa shape index (κ3) is 3.34. The maximum atomic E-state index is 5.94. The van der Waals surface area contributed by atoms with Crippen LogP contribution in [-0.4, -0.2) is 17.0 Å². The molecule has 0 aliphatic heterocycles. The number of hydrogen-bond donors (Lipinski definition) is 2. The van der Waals surface area contributed by atoms with Crippen LogP contribution >= 0.6 is 11.6 Å². The first kappa shape index (κ1) is 12.6. The Balaban J connectivity index is 2.08. The number of rotatable bonds is 4. The van der Waals surface area contributed by atoms with Gasteiger partial charge in [0.25, 0.3) is 0 Å². The fourth-order valence-electron chi connectivity index (χ4n) is 1.61. The summed E-state index contributed by atoms with van der Waals surface area (Å²) in [6, 6.07) is 9.65. The Labute approximate surface area is 111 Å². The summed E-state index contributed by atoms with van der Waals surface area (Å²) in [6.45, 7) is 2.62. The molecule has 0 bridgehead atoms. The lowest BCUT2D eigenvalue weighted by Crippen LogP contribution is -2.05. The van der Waals surface area contributed by atoms with Crippen molar-refractivity contribution in [3.05, 3.63) is 46.6 Å². The van der Waals surface area contributed by atoms with E-state index in [4.69, 9.17) is 11.6 Å². The van der Waals surface area contributed by atoms with Crippen molar-refractivity contribution in [3.8, 4) is 0 Å².